The molecule has 0 N–H and O–H groups in total. The summed E-state index contributed by atoms with van der Waals surface area (Å²) < 4.78 is 5.94. The lowest BCUT2D eigenvalue weighted by atomic mass is 9.76. The van der Waals surface area contributed by atoms with Crippen LogP contribution in [0.25, 0.3) is 0 Å². The van der Waals surface area contributed by atoms with Crippen molar-refractivity contribution in [2.75, 3.05) is 0 Å². The summed E-state index contributed by atoms with van der Waals surface area (Å²) in [6.07, 6.45) is 15.5. The van der Waals surface area contributed by atoms with E-state index in [1.54, 1.807) is 0 Å². The van der Waals surface area contributed by atoms with Crippen molar-refractivity contribution in [2.24, 2.45) is 11.8 Å². The van der Waals surface area contributed by atoms with Crippen molar-refractivity contribution in [1.82, 2.24) is 0 Å². The van der Waals surface area contributed by atoms with Gasteiger partial charge in [0.25, 0.3) is 0 Å². The van der Waals surface area contributed by atoms with Gasteiger partial charge in [-0.2, -0.15) is 0 Å². The Labute approximate surface area is 128 Å². The molecule has 0 aliphatic heterocycles. The maximum absolute atomic E-state index is 12.1. The molecule has 2 nitrogen and oxygen atoms in total. The van der Waals surface area contributed by atoms with Gasteiger partial charge in [0, 0.05) is 5.92 Å². The number of fused-ring (bicyclic) bond motifs is 1. The van der Waals surface area contributed by atoms with Crippen molar-refractivity contribution in [3.05, 3.63) is 47.6 Å². The summed E-state index contributed by atoms with van der Waals surface area (Å²) in [5.74, 6) is 0.231. The van der Waals surface area contributed by atoms with Gasteiger partial charge < -0.3 is 4.74 Å². The quantitative estimate of drug-likeness (QED) is 0.682. The molecule has 2 aliphatic carbocycles. The monoisotopic (exact) mass is 286 g/mol. The molecule has 0 heterocycles. The Morgan fingerprint density at radius 3 is 2.62 bits per heavy atom. The van der Waals surface area contributed by atoms with E-state index in [9.17, 15) is 4.79 Å². The summed E-state index contributed by atoms with van der Waals surface area (Å²) in [5, 5.41) is 0. The highest BCUT2D eigenvalue weighted by Crippen LogP contribution is 2.39. The van der Waals surface area contributed by atoms with E-state index in [-0.39, 0.29) is 11.9 Å². The SMILES string of the molecule is CCC(CC)(OC(=O)C(C)C)C1=CC=C2C=CC=CC2C1. The van der Waals surface area contributed by atoms with E-state index < -0.39 is 5.60 Å². The summed E-state index contributed by atoms with van der Waals surface area (Å²) in [4.78, 5) is 12.1. The fourth-order valence-corrected chi connectivity index (χ4v) is 3.03. The number of ether oxygens (including phenoxy) is 1. The van der Waals surface area contributed by atoms with Gasteiger partial charge in [0.15, 0.2) is 0 Å². The van der Waals surface area contributed by atoms with Crippen molar-refractivity contribution in [1.29, 1.82) is 0 Å². The number of carbonyl (C=O) groups is 1. The zero-order valence-electron chi connectivity index (χ0n) is 13.6. The van der Waals surface area contributed by atoms with Crippen LogP contribution in [0.5, 0.6) is 0 Å². The van der Waals surface area contributed by atoms with Gasteiger partial charge in [-0.15, -0.1) is 0 Å². The summed E-state index contributed by atoms with van der Waals surface area (Å²) in [6.45, 7) is 7.99. The van der Waals surface area contributed by atoms with Gasteiger partial charge in [-0.1, -0.05) is 64.2 Å². The van der Waals surface area contributed by atoms with Gasteiger partial charge in [-0.3, -0.25) is 4.79 Å². The lowest BCUT2D eigenvalue weighted by Crippen LogP contribution is -2.38. The zero-order valence-corrected chi connectivity index (χ0v) is 13.6. The van der Waals surface area contributed by atoms with E-state index in [1.807, 2.05) is 13.8 Å². The molecule has 21 heavy (non-hydrogen) atoms. The van der Waals surface area contributed by atoms with Crippen molar-refractivity contribution < 1.29 is 9.53 Å². The van der Waals surface area contributed by atoms with Crippen molar-refractivity contribution in [3.63, 3.8) is 0 Å². The third-order valence-corrected chi connectivity index (χ3v) is 4.58. The first kappa shape index (κ1) is 15.8. The lowest BCUT2D eigenvalue weighted by molar-refractivity contribution is -0.161. The van der Waals surface area contributed by atoms with E-state index in [4.69, 9.17) is 4.74 Å². The van der Waals surface area contributed by atoms with Crippen molar-refractivity contribution in [2.45, 2.75) is 52.6 Å². The molecule has 0 saturated heterocycles. The number of esters is 1. The second-order valence-corrected chi connectivity index (χ2v) is 6.19. The summed E-state index contributed by atoms with van der Waals surface area (Å²) in [7, 11) is 0. The molecule has 1 unspecified atom stereocenters. The Hall–Kier alpha value is -1.57. The third kappa shape index (κ3) is 3.20. The van der Waals surface area contributed by atoms with Gasteiger partial charge in [-0.05, 0) is 30.4 Å². The third-order valence-electron chi connectivity index (χ3n) is 4.58. The number of allylic oxidation sites excluding steroid dienone is 7. The topological polar surface area (TPSA) is 26.3 Å². The lowest BCUT2D eigenvalue weighted by Gasteiger charge is -2.38. The van der Waals surface area contributed by atoms with Crippen LogP contribution in [0.2, 0.25) is 0 Å². The number of hydrogen-bond donors (Lipinski definition) is 0. The van der Waals surface area contributed by atoms with Crippen LogP contribution >= 0.6 is 0 Å². The molecule has 0 aromatic heterocycles. The van der Waals surface area contributed by atoms with E-state index in [1.165, 1.54) is 11.1 Å². The average Bonchev–Trinajstić information content (AvgIpc) is 2.52. The molecule has 0 saturated carbocycles. The van der Waals surface area contributed by atoms with Gasteiger partial charge in [0.2, 0.25) is 0 Å². The van der Waals surface area contributed by atoms with Gasteiger partial charge in [0.05, 0.1) is 5.92 Å². The highest BCUT2D eigenvalue weighted by molar-refractivity contribution is 5.72. The average molecular weight is 286 g/mol. The summed E-state index contributed by atoms with van der Waals surface area (Å²) >= 11 is 0. The van der Waals surface area contributed by atoms with E-state index in [0.29, 0.717) is 5.92 Å². The Balaban J connectivity index is 2.28. The molecule has 2 heteroatoms. The minimum atomic E-state index is -0.446. The minimum absolute atomic E-state index is 0.0877. The first-order valence-corrected chi connectivity index (χ1v) is 8.01. The second-order valence-electron chi connectivity index (χ2n) is 6.19. The molecular weight excluding hydrogens is 260 g/mol. The standard InChI is InChI=1S/C19H26O2/c1-5-19(6-2,21-18(20)14(3)4)17-12-11-15-9-7-8-10-16(15)13-17/h7-12,14,16H,5-6,13H2,1-4H3. The summed E-state index contributed by atoms with van der Waals surface area (Å²) in [6, 6.07) is 0. The van der Waals surface area contributed by atoms with E-state index in [0.717, 1.165) is 19.3 Å². The molecule has 0 radical (unpaired) electrons. The number of hydrogen-bond acceptors (Lipinski definition) is 2. The number of carbonyl (C=O) groups excluding carboxylic acids is 1. The smallest absolute Gasteiger partial charge is 0.309 e. The Morgan fingerprint density at radius 2 is 2.00 bits per heavy atom. The maximum atomic E-state index is 12.1. The van der Waals surface area contributed by atoms with Crippen LogP contribution in [-0.4, -0.2) is 11.6 Å². The maximum Gasteiger partial charge on any atom is 0.309 e. The zero-order chi connectivity index (χ0) is 15.5. The van der Waals surface area contributed by atoms with Crippen LogP contribution < -0.4 is 0 Å². The predicted molar refractivity (Wildman–Crippen MR) is 86.8 cm³/mol. The molecule has 114 valence electrons. The highest BCUT2D eigenvalue weighted by atomic mass is 16.6. The van der Waals surface area contributed by atoms with Crippen LogP contribution in [0.4, 0.5) is 0 Å². The number of rotatable bonds is 5. The van der Waals surface area contributed by atoms with Gasteiger partial charge in [-0.25, -0.2) is 0 Å². The molecular formula is C19H26O2. The van der Waals surface area contributed by atoms with Crippen LogP contribution in [-0.2, 0) is 9.53 Å². The molecule has 0 bridgehead atoms. The predicted octanol–water partition coefficient (Wildman–Crippen LogP) is 4.74. The molecule has 1 atom stereocenters. The first-order valence-electron chi connectivity index (χ1n) is 8.01. The van der Waals surface area contributed by atoms with Crippen LogP contribution in [0, 0.1) is 11.8 Å². The normalized spacial score (nSPS) is 20.9. The van der Waals surface area contributed by atoms with Crippen LogP contribution in [0.15, 0.2) is 47.6 Å². The molecule has 2 rings (SSSR count). The van der Waals surface area contributed by atoms with E-state index >= 15 is 0 Å². The molecule has 0 spiro atoms. The second kappa shape index (κ2) is 6.46. The van der Waals surface area contributed by atoms with E-state index in [2.05, 4.69) is 50.3 Å². The Kier molecular flexibility index (Phi) is 4.87. The highest BCUT2D eigenvalue weighted by Gasteiger charge is 2.37. The van der Waals surface area contributed by atoms with Crippen LogP contribution in [0.3, 0.4) is 0 Å². The largest absolute Gasteiger partial charge is 0.454 e. The van der Waals surface area contributed by atoms with Gasteiger partial charge in [0.1, 0.15) is 5.60 Å². The fourth-order valence-electron chi connectivity index (χ4n) is 3.03. The first-order chi connectivity index (χ1) is 10.0. The Morgan fingerprint density at radius 1 is 1.29 bits per heavy atom. The van der Waals surface area contributed by atoms with Crippen molar-refractivity contribution in [3.8, 4) is 0 Å². The Bertz CT molecular complexity index is 514. The molecule has 0 amide bonds. The molecule has 2 aliphatic rings. The molecule has 0 aromatic carbocycles. The molecule has 0 aromatic rings. The van der Waals surface area contributed by atoms with Crippen LogP contribution in [0.1, 0.15) is 47.0 Å². The molecule has 0 fully saturated rings. The fraction of sp³-hybridized carbons (Fsp3) is 0.526. The summed E-state index contributed by atoms with van der Waals surface area (Å²) in [5.41, 5.74) is 2.14. The van der Waals surface area contributed by atoms with Crippen molar-refractivity contribution >= 4 is 5.97 Å². The minimum Gasteiger partial charge on any atom is -0.454 e. The van der Waals surface area contributed by atoms with Gasteiger partial charge >= 0.3 is 5.97 Å².